The van der Waals surface area contributed by atoms with Gasteiger partial charge in [-0.05, 0) is 25.1 Å². The minimum Gasteiger partial charge on any atom is -0.388 e. The van der Waals surface area contributed by atoms with Gasteiger partial charge in [-0.15, -0.1) is 0 Å². The molecular weight excluding hydrogens is 258 g/mol. The van der Waals surface area contributed by atoms with Gasteiger partial charge in [0, 0.05) is 12.0 Å². The molecule has 0 aliphatic rings. The van der Waals surface area contributed by atoms with E-state index >= 15 is 0 Å². The molecule has 1 aromatic carbocycles. The molecule has 0 unspecified atom stereocenters. The Labute approximate surface area is 117 Å². The third-order valence-electron chi connectivity index (χ3n) is 2.90. The van der Waals surface area contributed by atoms with E-state index in [-0.39, 0.29) is 11.5 Å². The third-order valence-corrected chi connectivity index (χ3v) is 2.90. The van der Waals surface area contributed by atoms with Crippen LogP contribution in [0.3, 0.4) is 0 Å². The van der Waals surface area contributed by atoms with E-state index in [4.69, 9.17) is 0 Å². The highest BCUT2D eigenvalue weighted by atomic mass is 16.6. The molecule has 0 aromatic heterocycles. The van der Waals surface area contributed by atoms with Crippen LogP contribution in [-0.4, -0.2) is 21.9 Å². The van der Waals surface area contributed by atoms with Crippen molar-refractivity contribution >= 4 is 17.5 Å². The molecule has 1 N–H and O–H groups in total. The standard InChI is InChI=1S/C15H17NO4/c1-3-6-14(17)11(2)15(18)10-9-12-7-4-5-8-13(12)16(19)20/h3-11,15,18H,1-2H3/b6-3+,10-9+/t11-,15-/m0/s1. The molecule has 0 saturated heterocycles. The van der Waals surface area contributed by atoms with Crippen LogP contribution in [0, 0.1) is 16.0 Å². The zero-order chi connectivity index (χ0) is 15.1. The molecule has 5 heteroatoms. The topological polar surface area (TPSA) is 80.4 Å². The van der Waals surface area contributed by atoms with Crippen LogP contribution in [0.2, 0.25) is 0 Å². The predicted octanol–water partition coefficient (Wildman–Crippen LogP) is 2.75. The number of benzene rings is 1. The number of nitro benzene ring substituents is 1. The number of nitrogens with zero attached hydrogens (tertiary/aromatic N) is 1. The van der Waals surface area contributed by atoms with Crippen LogP contribution in [0.5, 0.6) is 0 Å². The number of rotatable bonds is 6. The minimum atomic E-state index is -0.987. The summed E-state index contributed by atoms with van der Waals surface area (Å²) in [4.78, 5) is 21.9. The van der Waals surface area contributed by atoms with Gasteiger partial charge in [0.1, 0.15) is 0 Å². The lowest BCUT2D eigenvalue weighted by molar-refractivity contribution is -0.385. The van der Waals surface area contributed by atoms with Crippen molar-refractivity contribution in [1.29, 1.82) is 0 Å². The second-order valence-electron chi connectivity index (χ2n) is 4.36. The summed E-state index contributed by atoms with van der Waals surface area (Å²) in [6.07, 6.45) is 4.87. The molecule has 0 radical (unpaired) electrons. The first kappa shape index (κ1) is 15.8. The molecule has 5 nitrogen and oxygen atoms in total. The van der Waals surface area contributed by atoms with Crippen molar-refractivity contribution in [3.63, 3.8) is 0 Å². The zero-order valence-electron chi connectivity index (χ0n) is 11.4. The van der Waals surface area contributed by atoms with E-state index in [9.17, 15) is 20.0 Å². The van der Waals surface area contributed by atoms with Gasteiger partial charge in [0.2, 0.25) is 0 Å². The molecule has 0 aliphatic carbocycles. The number of ketones is 1. The third kappa shape index (κ3) is 4.13. The van der Waals surface area contributed by atoms with Crippen molar-refractivity contribution in [2.75, 3.05) is 0 Å². The fourth-order valence-electron chi connectivity index (χ4n) is 1.65. The number of hydrogen-bond donors (Lipinski definition) is 1. The number of nitro groups is 1. The summed E-state index contributed by atoms with van der Waals surface area (Å²) in [6, 6.07) is 6.22. The van der Waals surface area contributed by atoms with Crippen molar-refractivity contribution in [3.8, 4) is 0 Å². The molecule has 0 amide bonds. The van der Waals surface area contributed by atoms with Crippen LogP contribution in [0.25, 0.3) is 6.08 Å². The summed E-state index contributed by atoms with van der Waals surface area (Å²) >= 11 is 0. The van der Waals surface area contributed by atoms with Gasteiger partial charge >= 0.3 is 0 Å². The normalized spacial score (nSPS) is 14.6. The Kier molecular flexibility index (Phi) is 5.80. The van der Waals surface area contributed by atoms with Crippen LogP contribution >= 0.6 is 0 Å². The first-order valence-electron chi connectivity index (χ1n) is 6.23. The summed E-state index contributed by atoms with van der Waals surface area (Å²) < 4.78 is 0. The summed E-state index contributed by atoms with van der Waals surface area (Å²) in [5, 5.41) is 20.7. The summed E-state index contributed by atoms with van der Waals surface area (Å²) in [5.74, 6) is -0.780. The number of carbonyl (C=O) groups is 1. The molecular formula is C15H17NO4. The maximum Gasteiger partial charge on any atom is 0.276 e. The molecule has 2 atom stereocenters. The van der Waals surface area contributed by atoms with E-state index in [1.165, 1.54) is 24.3 Å². The first-order valence-corrected chi connectivity index (χ1v) is 6.23. The van der Waals surface area contributed by atoms with E-state index in [0.717, 1.165) is 0 Å². The van der Waals surface area contributed by atoms with Crippen LogP contribution < -0.4 is 0 Å². The quantitative estimate of drug-likeness (QED) is 0.491. The zero-order valence-corrected chi connectivity index (χ0v) is 11.4. The summed E-state index contributed by atoms with van der Waals surface area (Å²) in [6.45, 7) is 3.33. The van der Waals surface area contributed by atoms with E-state index < -0.39 is 16.9 Å². The van der Waals surface area contributed by atoms with E-state index in [1.807, 2.05) is 0 Å². The summed E-state index contributed by atoms with van der Waals surface area (Å²) in [5.41, 5.74) is 0.352. The van der Waals surface area contributed by atoms with Crippen molar-refractivity contribution in [3.05, 3.63) is 58.2 Å². The van der Waals surface area contributed by atoms with Gasteiger partial charge in [0.05, 0.1) is 16.6 Å². The van der Waals surface area contributed by atoms with Gasteiger partial charge in [0.15, 0.2) is 5.78 Å². The largest absolute Gasteiger partial charge is 0.388 e. The lowest BCUT2D eigenvalue weighted by Crippen LogP contribution is -2.22. The molecule has 106 valence electrons. The smallest absolute Gasteiger partial charge is 0.276 e. The number of carbonyl (C=O) groups excluding carboxylic acids is 1. The van der Waals surface area contributed by atoms with Gasteiger partial charge in [-0.3, -0.25) is 14.9 Å². The minimum absolute atomic E-state index is 0.0385. The Bertz CT molecular complexity index is 549. The SMILES string of the molecule is C/C=C/C(=O)[C@H](C)[C@@H](O)/C=C/c1ccccc1[N+](=O)[O-]. The Hall–Kier alpha value is -2.27. The lowest BCUT2D eigenvalue weighted by atomic mass is 9.98. The van der Waals surface area contributed by atoms with E-state index in [0.29, 0.717) is 5.56 Å². The fourth-order valence-corrected chi connectivity index (χ4v) is 1.65. The van der Waals surface area contributed by atoms with Crippen LogP contribution in [0.15, 0.2) is 42.5 Å². The second kappa shape index (κ2) is 7.35. The van der Waals surface area contributed by atoms with Gasteiger partial charge in [-0.1, -0.05) is 31.2 Å². The van der Waals surface area contributed by atoms with Crippen molar-refractivity contribution in [2.45, 2.75) is 20.0 Å². The molecule has 1 rings (SSSR count). The van der Waals surface area contributed by atoms with Gasteiger partial charge < -0.3 is 5.11 Å². The number of hydrogen-bond acceptors (Lipinski definition) is 4. The molecule has 0 fully saturated rings. The predicted molar refractivity (Wildman–Crippen MR) is 77.1 cm³/mol. The van der Waals surface area contributed by atoms with Crippen molar-refractivity contribution in [2.24, 2.45) is 5.92 Å². The highest BCUT2D eigenvalue weighted by molar-refractivity contribution is 5.92. The fraction of sp³-hybridized carbons (Fsp3) is 0.267. The van der Waals surface area contributed by atoms with Gasteiger partial charge in [-0.25, -0.2) is 0 Å². The highest BCUT2D eigenvalue weighted by Gasteiger charge is 2.18. The van der Waals surface area contributed by atoms with E-state index in [2.05, 4.69) is 0 Å². The summed E-state index contributed by atoms with van der Waals surface area (Å²) in [7, 11) is 0. The number of allylic oxidation sites excluding steroid dienone is 2. The Morgan fingerprint density at radius 1 is 1.40 bits per heavy atom. The molecule has 0 heterocycles. The van der Waals surface area contributed by atoms with Crippen LogP contribution in [0.4, 0.5) is 5.69 Å². The number of aliphatic hydroxyl groups excluding tert-OH is 1. The molecule has 20 heavy (non-hydrogen) atoms. The Morgan fingerprint density at radius 2 is 2.05 bits per heavy atom. The van der Waals surface area contributed by atoms with Gasteiger partial charge in [0.25, 0.3) is 5.69 Å². The molecule has 0 aliphatic heterocycles. The molecule has 0 spiro atoms. The molecule has 1 aromatic rings. The first-order chi connectivity index (χ1) is 9.47. The van der Waals surface area contributed by atoms with Crippen LogP contribution in [-0.2, 0) is 4.79 Å². The average molecular weight is 275 g/mol. The van der Waals surface area contributed by atoms with Crippen molar-refractivity contribution in [1.82, 2.24) is 0 Å². The number of aliphatic hydroxyl groups is 1. The van der Waals surface area contributed by atoms with E-state index in [1.54, 1.807) is 38.1 Å². The second-order valence-corrected chi connectivity index (χ2v) is 4.36. The Morgan fingerprint density at radius 3 is 2.65 bits per heavy atom. The monoisotopic (exact) mass is 275 g/mol. The average Bonchev–Trinajstić information content (AvgIpc) is 2.44. The maximum absolute atomic E-state index is 11.6. The number of para-hydroxylation sites is 1. The van der Waals surface area contributed by atoms with Crippen molar-refractivity contribution < 1.29 is 14.8 Å². The molecule has 0 saturated carbocycles. The van der Waals surface area contributed by atoms with Gasteiger partial charge in [-0.2, -0.15) is 0 Å². The molecule has 0 bridgehead atoms. The van der Waals surface area contributed by atoms with Crippen LogP contribution in [0.1, 0.15) is 19.4 Å². The maximum atomic E-state index is 11.6. The highest BCUT2D eigenvalue weighted by Crippen LogP contribution is 2.20. The lowest BCUT2D eigenvalue weighted by Gasteiger charge is -2.11. The Balaban J connectivity index is 2.87.